The number of nitrogens with two attached hydrogens (primary N) is 1. The third-order valence-corrected chi connectivity index (χ3v) is 6.23. The van der Waals surface area contributed by atoms with Gasteiger partial charge in [0, 0.05) is 12.5 Å². The van der Waals surface area contributed by atoms with Crippen LogP contribution >= 0.6 is 0 Å². The van der Waals surface area contributed by atoms with Gasteiger partial charge in [0.15, 0.2) is 0 Å². The summed E-state index contributed by atoms with van der Waals surface area (Å²) >= 11 is 0. The maximum Gasteiger partial charge on any atom is 0.410 e. The van der Waals surface area contributed by atoms with Crippen LogP contribution in [0.5, 0.6) is 5.75 Å². The number of hydrogen-bond donors (Lipinski definition) is 1. The largest absolute Gasteiger partial charge is 0.495 e. The summed E-state index contributed by atoms with van der Waals surface area (Å²) in [6.07, 6.45) is 2.11. The van der Waals surface area contributed by atoms with E-state index >= 15 is 0 Å². The average Bonchev–Trinajstić information content (AvgIpc) is 3.17. The number of nitrogen functional groups attached to an aromatic ring is 1. The lowest BCUT2D eigenvalue weighted by molar-refractivity contribution is -0.0981. The summed E-state index contributed by atoms with van der Waals surface area (Å²) in [5.74, 6) is 1.19. The van der Waals surface area contributed by atoms with E-state index in [-0.39, 0.29) is 18.1 Å². The Labute approximate surface area is 189 Å². The molecule has 2 aliphatic rings. The quantitative estimate of drug-likeness (QED) is 0.747. The molecule has 7 heteroatoms. The van der Waals surface area contributed by atoms with Gasteiger partial charge in [0.25, 0.3) is 0 Å². The van der Waals surface area contributed by atoms with Crippen molar-refractivity contribution in [3.05, 3.63) is 53.7 Å². The first kappa shape index (κ1) is 22.4. The second-order valence-corrected chi connectivity index (χ2v) is 9.69. The molecule has 0 radical (unpaired) electrons. The SMILES string of the molecule is COc1ccc(N)nc1C1CO[C@]2(CCCN(C(=O)OC(C)(C)C)[C@H]2c2ccccc2)C1. The van der Waals surface area contributed by atoms with Crippen LogP contribution in [0, 0.1) is 0 Å². The lowest BCUT2D eigenvalue weighted by Crippen LogP contribution is -2.53. The summed E-state index contributed by atoms with van der Waals surface area (Å²) < 4.78 is 17.9. The molecular weight excluding hydrogens is 406 g/mol. The van der Waals surface area contributed by atoms with Crippen LogP contribution in [0.4, 0.5) is 10.6 Å². The lowest BCUT2D eigenvalue weighted by Gasteiger charge is -2.47. The first-order chi connectivity index (χ1) is 15.2. The zero-order valence-corrected chi connectivity index (χ0v) is 19.3. The van der Waals surface area contributed by atoms with Gasteiger partial charge >= 0.3 is 6.09 Å². The normalized spacial score (nSPS) is 25.7. The van der Waals surface area contributed by atoms with Gasteiger partial charge in [-0.2, -0.15) is 0 Å². The zero-order chi connectivity index (χ0) is 22.9. The summed E-state index contributed by atoms with van der Waals surface area (Å²) in [6, 6.07) is 13.5. The zero-order valence-electron chi connectivity index (χ0n) is 19.3. The van der Waals surface area contributed by atoms with Gasteiger partial charge in [0.2, 0.25) is 0 Å². The molecule has 0 saturated carbocycles. The van der Waals surface area contributed by atoms with E-state index in [0.29, 0.717) is 24.7 Å². The number of anilines is 1. The second-order valence-electron chi connectivity index (χ2n) is 9.69. The van der Waals surface area contributed by atoms with Crippen molar-refractivity contribution in [2.24, 2.45) is 0 Å². The van der Waals surface area contributed by atoms with Crippen LogP contribution in [-0.4, -0.2) is 47.4 Å². The molecule has 1 aromatic carbocycles. The number of nitrogens with zero attached hydrogens (tertiary/aromatic N) is 2. The van der Waals surface area contributed by atoms with E-state index < -0.39 is 11.2 Å². The maximum absolute atomic E-state index is 13.2. The topological polar surface area (TPSA) is 86.9 Å². The van der Waals surface area contributed by atoms with Crippen LogP contribution in [0.25, 0.3) is 0 Å². The van der Waals surface area contributed by atoms with Crippen molar-refractivity contribution in [2.75, 3.05) is 26.0 Å². The molecule has 1 amide bonds. The molecule has 32 heavy (non-hydrogen) atoms. The molecule has 1 spiro atoms. The highest BCUT2D eigenvalue weighted by molar-refractivity contribution is 5.69. The number of ether oxygens (including phenoxy) is 3. The Hall–Kier alpha value is -2.80. The van der Waals surface area contributed by atoms with Crippen LogP contribution < -0.4 is 10.5 Å². The minimum atomic E-state index is -0.569. The second kappa shape index (κ2) is 8.62. The number of likely N-dealkylation sites (tertiary alicyclic amines) is 1. The van der Waals surface area contributed by atoms with Gasteiger partial charge in [-0.3, -0.25) is 4.90 Å². The molecule has 2 aromatic rings. The molecule has 2 aliphatic heterocycles. The summed E-state index contributed by atoms with van der Waals surface area (Å²) in [7, 11) is 1.64. The average molecular weight is 440 g/mol. The number of benzene rings is 1. The van der Waals surface area contributed by atoms with Crippen LogP contribution in [0.1, 0.15) is 63.3 Å². The molecule has 1 aromatic heterocycles. The summed E-state index contributed by atoms with van der Waals surface area (Å²) in [5, 5.41) is 0. The fraction of sp³-hybridized carbons (Fsp3) is 0.520. The molecular formula is C25H33N3O4. The Morgan fingerprint density at radius 2 is 1.97 bits per heavy atom. The lowest BCUT2D eigenvalue weighted by atomic mass is 9.76. The smallest absolute Gasteiger partial charge is 0.410 e. The number of carbonyl (C=O) groups is 1. The third kappa shape index (κ3) is 4.39. The first-order valence-corrected chi connectivity index (χ1v) is 11.2. The highest BCUT2D eigenvalue weighted by atomic mass is 16.6. The van der Waals surface area contributed by atoms with Gasteiger partial charge in [-0.05, 0) is 57.7 Å². The Kier molecular flexibility index (Phi) is 6.03. The minimum absolute atomic E-state index is 0.0262. The Bertz CT molecular complexity index is 959. The summed E-state index contributed by atoms with van der Waals surface area (Å²) in [5.41, 5.74) is 6.74. The van der Waals surface area contributed by atoms with Gasteiger partial charge in [0.1, 0.15) is 17.2 Å². The van der Waals surface area contributed by atoms with Crippen molar-refractivity contribution >= 4 is 11.9 Å². The van der Waals surface area contributed by atoms with Gasteiger partial charge in [-0.15, -0.1) is 0 Å². The van der Waals surface area contributed by atoms with Crippen LogP contribution in [0.2, 0.25) is 0 Å². The van der Waals surface area contributed by atoms with E-state index in [1.807, 2.05) is 49.9 Å². The van der Waals surface area contributed by atoms with Gasteiger partial charge in [0.05, 0.1) is 31.1 Å². The van der Waals surface area contributed by atoms with Crippen molar-refractivity contribution in [1.29, 1.82) is 0 Å². The highest BCUT2D eigenvalue weighted by Crippen LogP contribution is 2.52. The van der Waals surface area contributed by atoms with Crippen LogP contribution in [0.15, 0.2) is 42.5 Å². The van der Waals surface area contributed by atoms with Crippen molar-refractivity contribution in [1.82, 2.24) is 9.88 Å². The van der Waals surface area contributed by atoms with Crippen molar-refractivity contribution < 1.29 is 19.0 Å². The fourth-order valence-corrected chi connectivity index (χ4v) is 5.02. The predicted octanol–water partition coefficient (Wildman–Crippen LogP) is 4.69. The van der Waals surface area contributed by atoms with Crippen molar-refractivity contribution in [3.8, 4) is 5.75 Å². The van der Waals surface area contributed by atoms with E-state index in [0.717, 1.165) is 30.5 Å². The Morgan fingerprint density at radius 3 is 2.66 bits per heavy atom. The molecule has 7 nitrogen and oxygen atoms in total. The molecule has 0 bridgehead atoms. The van der Waals surface area contributed by atoms with Crippen molar-refractivity contribution in [2.45, 2.75) is 63.2 Å². The molecule has 2 N–H and O–H groups in total. The minimum Gasteiger partial charge on any atom is -0.495 e. The predicted molar refractivity (Wildman–Crippen MR) is 123 cm³/mol. The highest BCUT2D eigenvalue weighted by Gasteiger charge is 2.53. The number of amides is 1. The number of hydrogen-bond acceptors (Lipinski definition) is 6. The molecule has 3 atom stereocenters. The number of piperidine rings is 1. The summed E-state index contributed by atoms with van der Waals surface area (Å²) in [6.45, 7) is 6.80. The number of carbonyl (C=O) groups excluding carboxylic acids is 1. The van der Waals surface area contributed by atoms with E-state index in [9.17, 15) is 4.79 Å². The standard InChI is InChI=1S/C25H33N3O4/c1-24(2,3)32-23(29)28-14-8-13-25(22(28)17-9-6-5-7-10-17)15-18(16-31-25)21-19(30-4)11-12-20(26)27-21/h5-7,9-12,18,22H,8,13-16H2,1-4H3,(H2,26,27)/t18?,22-,25+/m0/s1. The molecule has 4 rings (SSSR count). The van der Waals surface area contributed by atoms with Gasteiger partial charge in [-0.25, -0.2) is 9.78 Å². The maximum atomic E-state index is 13.2. The fourth-order valence-electron chi connectivity index (χ4n) is 5.02. The first-order valence-electron chi connectivity index (χ1n) is 11.2. The van der Waals surface area contributed by atoms with Crippen LogP contribution in [-0.2, 0) is 9.47 Å². The molecule has 2 saturated heterocycles. The molecule has 1 unspecified atom stereocenters. The summed E-state index contributed by atoms with van der Waals surface area (Å²) in [4.78, 5) is 19.6. The molecule has 0 aliphatic carbocycles. The molecule has 172 valence electrons. The van der Waals surface area contributed by atoms with Gasteiger partial charge in [-0.1, -0.05) is 30.3 Å². The molecule has 2 fully saturated rings. The van der Waals surface area contributed by atoms with E-state index in [1.165, 1.54) is 0 Å². The number of methoxy groups -OCH3 is 1. The van der Waals surface area contributed by atoms with E-state index in [2.05, 4.69) is 17.1 Å². The van der Waals surface area contributed by atoms with E-state index in [1.54, 1.807) is 13.2 Å². The van der Waals surface area contributed by atoms with Crippen molar-refractivity contribution in [3.63, 3.8) is 0 Å². The van der Waals surface area contributed by atoms with Gasteiger partial charge < -0.3 is 19.9 Å². The molecule has 3 heterocycles. The monoisotopic (exact) mass is 439 g/mol. The van der Waals surface area contributed by atoms with Crippen LogP contribution in [0.3, 0.4) is 0 Å². The Balaban J connectivity index is 1.70. The number of pyridine rings is 1. The third-order valence-electron chi connectivity index (χ3n) is 6.23. The number of rotatable bonds is 3. The number of aromatic nitrogens is 1. The Morgan fingerprint density at radius 1 is 1.22 bits per heavy atom. The van der Waals surface area contributed by atoms with E-state index in [4.69, 9.17) is 19.9 Å².